The van der Waals surface area contributed by atoms with Crippen LogP contribution in [0.25, 0.3) is 0 Å². The van der Waals surface area contributed by atoms with Crippen molar-refractivity contribution in [2.45, 2.75) is 118 Å². The minimum absolute atomic E-state index is 0.186. The molecule has 3 N–H and O–H groups in total. The van der Waals surface area contributed by atoms with Crippen LogP contribution in [0.1, 0.15) is 118 Å². The summed E-state index contributed by atoms with van der Waals surface area (Å²) >= 11 is 0. The highest BCUT2D eigenvalue weighted by molar-refractivity contribution is 5.77. The van der Waals surface area contributed by atoms with Gasteiger partial charge in [-0.1, -0.05) is 100 Å². The Morgan fingerprint density at radius 3 is 1.74 bits per heavy atom. The molecule has 2 atom stereocenters. The van der Waals surface area contributed by atoms with E-state index in [2.05, 4.69) is 13.8 Å². The van der Waals surface area contributed by atoms with Crippen LogP contribution in [-0.4, -0.2) is 27.3 Å². The van der Waals surface area contributed by atoms with Gasteiger partial charge in [0.1, 0.15) is 5.75 Å². The molecule has 0 saturated heterocycles. The van der Waals surface area contributed by atoms with Crippen LogP contribution in [0.5, 0.6) is 5.75 Å². The number of hydrogen-bond acceptors (Lipinski definition) is 3. The van der Waals surface area contributed by atoms with Crippen molar-refractivity contribution in [3.05, 3.63) is 28.8 Å². The lowest BCUT2D eigenvalue weighted by atomic mass is 9.66. The van der Waals surface area contributed by atoms with E-state index in [1.165, 1.54) is 0 Å². The molecule has 34 heavy (non-hydrogen) atoms. The standard InChI is InChI=1S/C29H48O5/c1-19(2)13-11-10-12-14-29(26(33)34,20(3)15-24(30)31)18-21-16-22(27(4,5)6)25(32)23(17-21)28(7,8)9/h16-17,19-20,32H,10-15,18H2,1-9H3,(H,30,31)(H,33,34). The molecule has 2 unspecified atom stereocenters. The smallest absolute Gasteiger partial charge is 0.310 e. The van der Waals surface area contributed by atoms with E-state index < -0.39 is 23.3 Å². The third-order valence-corrected chi connectivity index (χ3v) is 7.06. The van der Waals surface area contributed by atoms with Crippen LogP contribution in [0.2, 0.25) is 0 Å². The van der Waals surface area contributed by atoms with Crippen LogP contribution >= 0.6 is 0 Å². The number of aliphatic carboxylic acids is 2. The molecule has 0 bridgehead atoms. The van der Waals surface area contributed by atoms with Gasteiger partial charge in [0.2, 0.25) is 0 Å². The van der Waals surface area contributed by atoms with Gasteiger partial charge in [0.15, 0.2) is 0 Å². The Labute approximate surface area is 207 Å². The van der Waals surface area contributed by atoms with Crippen molar-refractivity contribution in [3.63, 3.8) is 0 Å². The summed E-state index contributed by atoms with van der Waals surface area (Å²) in [5.41, 5.74) is 0.589. The number of phenols is 1. The number of phenolic OH excluding ortho intramolecular Hbond substituents is 1. The van der Waals surface area contributed by atoms with E-state index in [-0.39, 0.29) is 29.4 Å². The van der Waals surface area contributed by atoms with Crippen LogP contribution in [0.3, 0.4) is 0 Å². The van der Waals surface area contributed by atoms with Gasteiger partial charge in [0, 0.05) is 6.42 Å². The molecule has 0 spiro atoms. The second-order valence-corrected chi connectivity index (χ2v) is 12.7. The van der Waals surface area contributed by atoms with Crippen LogP contribution in [0.15, 0.2) is 12.1 Å². The number of aromatic hydroxyl groups is 1. The fourth-order valence-electron chi connectivity index (χ4n) is 4.83. The highest BCUT2D eigenvalue weighted by Gasteiger charge is 2.44. The SMILES string of the molecule is CC(C)CCCCCC(Cc1cc(C(C)(C)C)c(O)c(C(C)(C)C)c1)(C(=O)O)C(C)CC(=O)O. The Kier molecular flexibility index (Phi) is 10.2. The molecule has 0 heterocycles. The third-order valence-electron chi connectivity index (χ3n) is 7.06. The van der Waals surface area contributed by atoms with Gasteiger partial charge in [-0.25, -0.2) is 0 Å². The van der Waals surface area contributed by atoms with E-state index in [4.69, 9.17) is 0 Å². The minimum atomic E-state index is -1.18. The first-order valence-corrected chi connectivity index (χ1v) is 12.7. The summed E-state index contributed by atoms with van der Waals surface area (Å²) in [6.45, 7) is 18.3. The van der Waals surface area contributed by atoms with Crippen molar-refractivity contribution in [1.29, 1.82) is 0 Å². The first-order chi connectivity index (χ1) is 15.4. The van der Waals surface area contributed by atoms with Crippen LogP contribution in [0.4, 0.5) is 0 Å². The number of hydrogen-bond donors (Lipinski definition) is 3. The summed E-state index contributed by atoms with van der Waals surface area (Å²) < 4.78 is 0. The van der Waals surface area contributed by atoms with Gasteiger partial charge >= 0.3 is 11.9 Å². The molecule has 0 saturated carbocycles. The molecule has 0 amide bonds. The highest BCUT2D eigenvalue weighted by atomic mass is 16.4. The average molecular weight is 477 g/mol. The summed E-state index contributed by atoms with van der Waals surface area (Å²) in [6.07, 6.45) is 4.32. The molecule has 5 nitrogen and oxygen atoms in total. The maximum Gasteiger partial charge on any atom is 0.310 e. The minimum Gasteiger partial charge on any atom is -0.507 e. The second-order valence-electron chi connectivity index (χ2n) is 12.7. The Hall–Kier alpha value is -2.04. The van der Waals surface area contributed by atoms with Gasteiger partial charge in [-0.05, 0) is 52.2 Å². The number of carboxylic acids is 2. The summed E-state index contributed by atoms with van der Waals surface area (Å²) in [4.78, 5) is 24.4. The van der Waals surface area contributed by atoms with Gasteiger partial charge in [-0.3, -0.25) is 9.59 Å². The average Bonchev–Trinajstić information content (AvgIpc) is 2.64. The molecule has 5 heteroatoms. The molecular formula is C29H48O5. The lowest BCUT2D eigenvalue weighted by Gasteiger charge is -2.36. The molecule has 1 aromatic rings. The molecule has 0 aromatic heterocycles. The lowest BCUT2D eigenvalue weighted by molar-refractivity contribution is -0.154. The molecule has 1 rings (SSSR count). The van der Waals surface area contributed by atoms with E-state index in [1.807, 2.05) is 53.7 Å². The fraction of sp³-hybridized carbons (Fsp3) is 0.724. The maximum atomic E-state index is 12.8. The Morgan fingerprint density at radius 1 is 0.853 bits per heavy atom. The fourth-order valence-corrected chi connectivity index (χ4v) is 4.83. The van der Waals surface area contributed by atoms with Gasteiger partial charge in [0.05, 0.1) is 5.41 Å². The van der Waals surface area contributed by atoms with Gasteiger partial charge in [-0.15, -0.1) is 0 Å². The van der Waals surface area contributed by atoms with E-state index >= 15 is 0 Å². The van der Waals surface area contributed by atoms with Crippen molar-refractivity contribution in [3.8, 4) is 5.75 Å². The number of carboxylic acid groups (broad SMARTS) is 2. The van der Waals surface area contributed by atoms with E-state index in [1.54, 1.807) is 6.92 Å². The van der Waals surface area contributed by atoms with Gasteiger partial charge in [0.25, 0.3) is 0 Å². The van der Waals surface area contributed by atoms with E-state index in [0.717, 1.165) is 42.4 Å². The number of benzene rings is 1. The van der Waals surface area contributed by atoms with Crippen molar-refractivity contribution in [2.24, 2.45) is 17.3 Å². The maximum absolute atomic E-state index is 12.8. The predicted molar refractivity (Wildman–Crippen MR) is 139 cm³/mol. The number of carbonyl (C=O) groups is 2. The lowest BCUT2D eigenvalue weighted by Crippen LogP contribution is -2.41. The Bertz CT molecular complexity index is 806. The molecule has 0 aliphatic heterocycles. The van der Waals surface area contributed by atoms with Crippen LogP contribution in [0, 0.1) is 17.3 Å². The monoisotopic (exact) mass is 476 g/mol. The van der Waals surface area contributed by atoms with Crippen molar-refractivity contribution >= 4 is 11.9 Å². The predicted octanol–water partition coefficient (Wildman–Crippen LogP) is 7.32. The van der Waals surface area contributed by atoms with E-state index in [0.29, 0.717) is 12.3 Å². The van der Waals surface area contributed by atoms with E-state index in [9.17, 15) is 24.9 Å². The normalized spacial score (nSPS) is 15.2. The zero-order valence-electron chi connectivity index (χ0n) is 22.9. The Morgan fingerprint density at radius 2 is 1.35 bits per heavy atom. The zero-order valence-corrected chi connectivity index (χ0v) is 22.9. The van der Waals surface area contributed by atoms with Crippen LogP contribution < -0.4 is 0 Å². The summed E-state index contributed by atoms with van der Waals surface area (Å²) in [6, 6.07) is 3.85. The number of rotatable bonds is 12. The summed E-state index contributed by atoms with van der Waals surface area (Å²) in [5.74, 6) is -1.57. The topological polar surface area (TPSA) is 94.8 Å². The Balaban J connectivity index is 3.53. The summed E-state index contributed by atoms with van der Waals surface area (Å²) in [5, 5.41) is 31.0. The molecule has 0 aliphatic rings. The largest absolute Gasteiger partial charge is 0.507 e. The zero-order chi connectivity index (χ0) is 26.5. The molecular weight excluding hydrogens is 428 g/mol. The quantitative estimate of drug-likeness (QED) is 0.275. The third kappa shape index (κ3) is 8.02. The van der Waals surface area contributed by atoms with Gasteiger partial charge < -0.3 is 15.3 Å². The molecule has 0 aliphatic carbocycles. The van der Waals surface area contributed by atoms with Crippen molar-refractivity contribution in [2.75, 3.05) is 0 Å². The van der Waals surface area contributed by atoms with Crippen molar-refractivity contribution < 1.29 is 24.9 Å². The van der Waals surface area contributed by atoms with Crippen molar-refractivity contribution in [1.82, 2.24) is 0 Å². The molecule has 0 radical (unpaired) electrons. The highest BCUT2D eigenvalue weighted by Crippen LogP contribution is 2.44. The molecule has 194 valence electrons. The van der Waals surface area contributed by atoms with Gasteiger partial charge in [-0.2, -0.15) is 0 Å². The first kappa shape index (κ1) is 30.0. The number of unbranched alkanes of at least 4 members (excludes halogenated alkanes) is 2. The molecule has 1 aromatic carbocycles. The van der Waals surface area contributed by atoms with Crippen LogP contribution in [-0.2, 0) is 26.8 Å². The first-order valence-electron chi connectivity index (χ1n) is 12.7. The second kappa shape index (κ2) is 11.6. The summed E-state index contributed by atoms with van der Waals surface area (Å²) in [7, 11) is 0. The molecule has 0 fully saturated rings.